The monoisotopic (exact) mass is 252 g/mol. The molecule has 102 valence electrons. The van der Waals surface area contributed by atoms with Crippen molar-refractivity contribution in [2.75, 3.05) is 0 Å². The fourth-order valence-electron chi connectivity index (χ4n) is 2.08. The van der Waals surface area contributed by atoms with Gasteiger partial charge in [0.25, 0.3) is 0 Å². The Morgan fingerprint density at radius 1 is 1.33 bits per heavy atom. The van der Waals surface area contributed by atoms with Gasteiger partial charge in [0, 0.05) is 5.92 Å². The van der Waals surface area contributed by atoms with Crippen molar-refractivity contribution in [2.24, 2.45) is 11.8 Å². The summed E-state index contributed by atoms with van der Waals surface area (Å²) in [5.41, 5.74) is -0.505. The van der Waals surface area contributed by atoms with Gasteiger partial charge in [-0.25, -0.2) is 0 Å². The Balaban J connectivity index is 2.24. The Morgan fingerprint density at radius 3 is 2.56 bits per heavy atom. The molecule has 0 aromatic carbocycles. The zero-order valence-electron chi connectivity index (χ0n) is 11.7. The zero-order chi connectivity index (χ0) is 13.8. The molecule has 0 aliphatic heterocycles. The molecule has 0 amide bonds. The molecular formula is C15H24O3. The number of rotatable bonds is 7. The molecule has 0 N–H and O–H groups in total. The van der Waals surface area contributed by atoms with Crippen LogP contribution in [-0.4, -0.2) is 17.4 Å². The summed E-state index contributed by atoms with van der Waals surface area (Å²) in [7, 11) is 0. The van der Waals surface area contributed by atoms with Crippen LogP contribution in [0.2, 0.25) is 0 Å². The van der Waals surface area contributed by atoms with E-state index in [1.807, 2.05) is 26.8 Å². The van der Waals surface area contributed by atoms with Gasteiger partial charge >= 0.3 is 5.97 Å². The molecule has 1 saturated carbocycles. The number of carbonyl (C=O) groups is 2. The van der Waals surface area contributed by atoms with Gasteiger partial charge in [-0.15, -0.1) is 6.58 Å². The number of hydrogen-bond donors (Lipinski definition) is 0. The van der Waals surface area contributed by atoms with Crippen LogP contribution in [0.25, 0.3) is 0 Å². The van der Waals surface area contributed by atoms with Crippen LogP contribution < -0.4 is 0 Å². The number of esters is 1. The summed E-state index contributed by atoms with van der Waals surface area (Å²) in [4.78, 5) is 23.3. The fraction of sp³-hybridized carbons (Fsp3) is 0.733. The lowest BCUT2D eigenvalue weighted by molar-refractivity contribution is -0.157. The van der Waals surface area contributed by atoms with Crippen molar-refractivity contribution in [1.82, 2.24) is 0 Å². The molecule has 0 spiro atoms. The van der Waals surface area contributed by atoms with Gasteiger partial charge in [-0.3, -0.25) is 9.59 Å². The standard InChI is InChI=1S/C15H24O3/c1-5-6-7-8-9-10-11-12(13(11)16)14(17)18-15(2,3)4/h5,11-12H,1,6-10H2,2-4H3. The molecule has 1 rings (SSSR count). The van der Waals surface area contributed by atoms with E-state index in [2.05, 4.69) is 6.58 Å². The lowest BCUT2D eigenvalue weighted by atomic mass is 10.1. The van der Waals surface area contributed by atoms with Gasteiger partial charge in [-0.05, 0) is 40.0 Å². The molecule has 2 unspecified atom stereocenters. The number of allylic oxidation sites excluding steroid dienone is 1. The zero-order valence-corrected chi connectivity index (χ0v) is 11.7. The van der Waals surface area contributed by atoms with E-state index < -0.39 is 11.5 Å². The van der Waals surface area contributed by atoms with E-state index in [1.54, 1.807) is 0 Å². The van der Waals surface area contributed by atoms with Crippen LogP contribution in [0.15, 0.2) is 12.7 Å². The van der Waals surface area contributed by atoms with Crippen LogP contribution in [0.1, 0.15) is 52.9 Å². The molecule has 1 fully saturated rings. The third kappa shape index (κ3) is 4.63. The largest absolute Gasteiger partial charge is 0.459 e. The average molecular weight is 252 g/mol. The van der Waals surface area contributed by atoms with Crippen LogP contribution in [0.5, 0.6) is 0 Å². The van der Waals surface area contributed by atoms with E-state index in [1.165, 1.54) is 0 Å². The number of hydrogen-bond acceptors (Lipinski definition) is 3. The maximum atomic E-state index is 11.7. The van der Waals surface area contributed by atoms with Crippen LogP contribution in [0.3, 0.4) is 0 Å². The first-order valence-electron chi connectivity index (χ1n) is 6.74. The maximum absolute atomic E-state index is 11.7. The highest BCUT2D eigenvalue weighted by molar-refractivity contribution is 6.14. The highest BCUT2D eigenvalue weighted by Crippen LogP contribution is 2.39. The normalized spacial score (nSPS) is 22.7. The first kappa shape index (κ1) is 14.9. The summed E-state index contributed by atoms with van der Waals surface area (Å²) in [5.74, 6) is -0.844. The molecular weight excluding hydrogens is 228 g/mol. The van der Waals surface area contributed by atoms with Gasteiger partial charge in [0.05, 0.1) is 0 Å². The van der Waals surface area contributed by atoms with E-state index in [4.69, 9.17) is 4.74 Å². The van der Waals surface area contributed by atoms with Gasteiger partial charge < -0.3 is 4.74 Å². The van der Waals surface area contributed by atoms with Gasteiger partial charge in [0.2, 0.25) is 0 Å². The van der Waals surface area contributed by atoms with Gasteiger partial charge in [-0.2, -0.15) is 0 Å². The molecule has 0 saturated heterocycles. The average Bonchev–Trinajstić information content (AvgIpc) is 2.86. The molecule has 0 aromatic heterocycles. The highest BCUT2D eigenvalue weighted by atomic mass is 16.6. The number of Topliss-reactive ketones (excluding diaryl/α,β-unsaturated/α-hetero) is 1. The third-order valence-corrected chi connectivity index (χ3v) is 3.05. The fourth-order valence-corrected chi connectivity index (χ4v) is 2.08. The maximum Gasteiger partial charge on any atom is 0.317 e. The lowest BCUT2D eigenvalue weighted by Gasteiger charge is -2.19. The smallest absolute Gasteiger partial charge is 0.317 e. The minimum Gasteiger partial charge on any atom is -0.459 e. The molecule has 0 bridgehead atoms. The number of ketones is 1. The van der Waals surface area contributed by atoms with Crippen LogP contribution in [0, 0.1) is 11.8 Å². The van der Waals surface area contributed by atoms with Crippen molar-refractivity contribution >= 4 is 11.8 Å². The minimum atomic E-state index is -0.505. The van der Waals surface area contributed by atoms with E-state index in [0.29, 0.717) is 0 Å². The topological polar surface area (TPSA) is 43.4 Å². The van der Waals surface area contributed by atoms with Crippen molar-refractivity contribution in [1.29, 1.82) is 0 Å². The molecule has 1 aliphatic carbocycles. The minimum absolute atomic E-state index is 0.0629. The quantitative estimate of drug-likeness (QED) is 0.302. The van der Waals surface area contributed by atoms with E-state index in [0.717, 1.165) is 32.1 Å². The second-order valence-corrected chi connectivity index (χ2v) is 5.95. The Bertz CT molecular complexity index is 325. The second kappa shape index (κ2) is 6.17. The summed E-state index contributed by atoms with van der Waals surface area (Å²) >= 11 is 0. The van der Waals surface area contributed by atoms with Crippen LogP contribution in [0.4, 0.5) is 0 Å². The summed E-state index contributed by atoms with van der Waals surface area (Å²) in [6.45, 7) is 9.14. The van der Waals surface area contributed by atoms with Crippen molar-refractivity contribution in [3.63, 3.8) is 0 Å². The summed E-state index contributed by atoms with van der Waals surface area (Å²) < 4.78 is 5.23. The van der Waals surface area contributed by atoms with Crippen LogP contribution in [-0.2, 0) is 14.3 Å². The van der Waals surface area contributed by atoms with Crippen molar-refractivity contribution in [2.45, 2.75) is 58.5 Å². The van der Waals surface area contributed by atoms with E-state index >= 15 is 0 Å². The SMILES string of the molecule is C=CCCCCCC1C(=O)C1C(=O)OC(C)(C)C. The summed E-state index contributed by atoms with van der Waals surface area (Å²) in [6.07, 6.45) is 6.96. The molecule has 1 aliphatic rings. The molecule has 0 aromatic rings. The van der Waals surface area contributed by atoms with Gasteiger partial charge in [0.15, 0.2) is 5.78 Å². The van der Waals surface area contributed by atoms with Gasteiger partial charge in [0.1, 0.15) is 11.5 Å². The molecule has 2 atom stereocenters. The van der Waals surface area contributed by atoms with Gasteiger partial charge in [-0.1, -0.05) is 18.9 Å². The Kier molecular flexibility index (Phi) is 5.12. The molecule has 3 nitrogen and oxygen atoms in total. The Morgan fingerprint density at radius 2 is 2.00 bits per heavy atom. The molecule has 3 heteroatoms. The van der Waals surface area contributed by atoms with E-state index in [9.17, 15) is 9.59 Å². The number of carbonyl (C=O) groups excluding carboxylic acids is 2. The van der Waals surface area contributed by atoms with E-state index in [-0.39, 0.29) is 17.7 Å². The van der Waals surface area contributed by atoms with Crippen molar-refractivity contribution < 1.29 is 14.3 Å². The second-order valence-electron chi connectivity index (χ2n) is 5.95. The number of unbranched alkanes of at least 4 members (excludes halogenated alkanes) is 3. The van der Waals surface area contributed by atoms with Crippen LogP contribution >= 0.6 is 0 Å². The van der Waals surface area contributed by atoms with Crippen molar-refractivity contribution in [3.05, 3.63) is 12.7 Å². The molecule has 0 heterocycles. The molecule has 0 radical (unpaired) electrons. The van der Waals surface area contributed by atoms with Crippen molar-refractivity contribution in [3.8, 4) is 0 Å². The first-order valence-corrected chi connectivity index (χ1v) is 6.74. The summed E-state index contributed by atoms with van der Waals surface area (Å²) in [6, 6.07) is 0. The predicted octanol–water partition coefficient (Wildman–Crippen LogP) is 3.28. The highest BCUT2D eigenvalue weighted by Gasteiger charge is 2.55. The predicted molar refractivity (Wildman–Crippen MR) is 71.1 cm³/mol. The third-order valence-electron chi connectivity index (χ3n) is 3.05. The first-order chi connectivity index (χ1) is 8.37. The summed E-state index contributed by atoms with van der Waals surface area (Å²) in [5, 5.41) is 0. The molecule has 18 heavy (non-hydrogen) atoms. The number of ether oxygens (including phenoxy) is 1. The Labute approximate surface area is 110 Å². The Hall–Kier alpha value is -1.12. The lowest BCUT2D eigenvalue weighted by Crippen LogP contribution is -2.25.